The lowest BCUT2D eigenvalue weighted by Crippen LogP contribution is -2.19. The van der Waals surface area contributed by atoms with Crippen molar-refractivity contribution in [2.45, 2.75) is 36.9 Å². The Kier molecular flexibility index (Phi) is 5.88. The van der Waals surface area contributed by atoms with Crippen LogP contribution in [0.5, 0.6) is 0 Å². The summed E-state index contributed by atoms with van der Waals surface area (Å²) in [5.41, 5.74) is -3.68. The summed E-state index contributed by atoms with van der Waals surface area (Å²) >= 11 is 0.874. The molecule has 0 bridgehead atoms. The van der Waals surface area contributed by atoms with E-state index in [1.165, 1.54) is 0 Å². The van der Waals surface area contributed by atoms with Gasteiger partial charge in [0.2, 0.25) is 0 Å². The second kappa shape index (κ2) is 7.88. The number of imidazole rings is 1. The fourth-order valence-electron chi connectivity index (χ4n) is 2.71. The van der Waals surface area contributed by atoms with Crippen LogP contribution in [0.1, 0.15) is 18.1 Å². The summed E-state index contributed by atoms with van der Waals surface area (Å²) in [7, 11) is 0. The molecule has 0 saturated carbocycles. The highest BCUT2D eigenvalue weighted by molar-refractivity contribution is 7.99. The first-order valence-electron chi connectivity index (χ1n) is 8.41. The van der Waals surface area contributed by atoms with Crippen LogP contribution in [0, 0.1) is 0 Å². The first-order valence-corrected chi connectivity index (χ1v) is 9.40. The van der Waals surface area contributed by atoms with Crippen LogP contribution in [0.3, 0.4) is 0 Å². The Balaban J connectivity index is 2.28. The molecule has 3 heterocycles. The molecule has 0 spiro atoms. The van der Waals surface area contributed by atoms with E-state index in [2.05, 4.69) is 15.0 Å². The molecule has 0 unspecified atom stereocenters. The molecule has 0 aliphatic carbocycles. The van der Waals surface area contributed by atoms with Gasteiger partial charge in [0.05, 0.1) is 11.1 Å². The average Bonchev–Trinajstić information content (AvgIpc) is 2.96. The van der Waals surface area contributed by atoms with E-state index in [1.54, 1.807) is 6.92 Å². The van der Waals surface area contributed by atoms with Crippen molar-refractivity contribution in [3.63, 3.8) is 0 Å². The number of alkyl halides is 9. The number of hydrogen-bond acceptors (Lipinski definition) is 4. The minimum absolute atomic E-state index is 0.118. The molecule has 0 radical (unpaired) electrons. The topological polar surface area (TPSA) is 43.6 Å². The molecule has 0 fully saturated rings. The van der Waals surface area contributed by atoms with E-state index in [0.29, 0.717) is 29.1 Å². The zero-order valence-corrected chi connectivity index (χ0v) is 16.1. The van der Waals surface area contributed by atoms with Crippen molar-refractivity contribution in [2.24, 2.45) is 0 Å². The summed E-state index contributed by atoms with van der Waals surface area (Å²) in [5.74, 6) is -0.282. The third-order valence-corrected chi connectivity index (χ3v) is 4.85. The number of rotatable bonds is 4. The second-order valence-corrected chi connectivity index (χ2v) is 7.51. The smallest absolute Gasteiger partial charge is 0.298 e. The Bertz CT molecular complexity index is 1100. The average molecular weight is 474 g/mol. The number of aromatic nitrogens is 4. The fourth-order valence-corrected chi connectivity index (χ4v) is 3.51. The Labute approximate surface area is 172 Å². The molecule has 0 saturated heterocycles. The van der Waals surface area contributed by atoms with Crippen LogP contribution >= 0.6 is 11.8 Å². The predicted molar refractivity (Wildman–Crippen MR) is 93.2 cm³/mol. The summed E-state index contributed by atoms with van der Waals surface area (Å²) in [4.78, 5) is 10.8. The van der Waals surface area contributed by atoms with E-state index >= 15 is 0 Å². The van der Waals surface area contributed by atoms with E-state index in [0.717, 1.165) is 11.8 Å². The van der Waals surface area contributed by atoms with Gasteiger partial charge in [0.15, 0.2) is 11.5 Å². The Morgan fingerprint density at radius 3 is 2.00 bits per heavy atom. The molecule has 3 aromatic heterocycles. The molecular formula is C17H11F9N4S. The summed E-state index contributed by atoms with van der Waals surface area (Å²) in [5, 5.41) is 0. The standard InChI is InChI=1S/C17H11F9N4S/c1-2-31-11-4-9(17(24,25)26)5-27-12(11)14-29-10-3-8(16(21,22)23)6-28-13(10)30(14)7-15(18,19)20/h3-6H,2,7H2,1H3. The van der Waals surface area contributed by atoms with Crippen LogP contribution in [0.4, 0.5) is 39.5 Å². The van der Waals surface area contributed by atoms with Gasteiger partial charge in [-0.25, -0.2) is 9.97 Å². The molecule has 168 valence electrons. The first-order chi connectivity index (χ1) is 14.2. The maximum Gasteiger partial charge on any atom is 0.417 e. The SMILES string of the molecule is CCSc1cc(C(F)(F)F)cnc1-c1nc2cc(C(F)(F)F)cnc2n1CC(F)(F)F. The lowest BCUT2D eigenvalue weighted by molar-refractivity contribution is -0.140. The van der Waals surface area contributed by atoms with Crippen molar-refractivity contribution in [1.29, 1.82) is 0 Å². The number of pyridine rings is 2. The van der Waals surface area contributed by atoms with Crippen LogP contribution < -0.4 is 0 Å². The molecule has 0 aromatic carbocycles. The predicted octanol–water partition coefficient (Wildman–Crippen LogP) is 6.21. The highest BCUT2D eigenvalue weighted by atomic mass is 32.2. The quantitative estimate of drug-likeness (QED) is 0.333. The summed E-state index contributed by atoms with van der Waals surface area (Å²) in [6, 6.07) is 1.23. The first kappa shape index (κ1) is 23.2. The van der Waals surface area contributed by atoms with Gasteiger partial charge in [-0.2, -0.15) is 39.5 Å². The summed E-state index contributed by atoms with van der Waals surface area (Å²) in [6.07, 6.45) is -13.6. The van der Waals surface area contributed by atoms with Crippen LogP contribution in [0.15, 0.2) is 29.4 Å². The zero-order valence-electron chi connectivity index (χ0n) is 15.3. The lowest BCUT2D eigenvalue weighted by Gasteiger charge is -2.14. The van der Waals surface area contributed by atoms with Gasteiger partial charge >= 0.3 is 18.5 Å². The maximum absolute atomic E-state index is 13.1. The van der Waals surface area contributed by atoms with Crippen LogP contribution in [-0.2, 0) is 18.9 Å². The lowest BCUT2D eigenvalue weighted by atomic mass is 10.2. The van der Waals surface area contributed by atoms with E-state index in [4.69, 9.17) is 0 Å². The van der Waals surface area contributed by atoms with Gasteiger partial charge in [0, 0.05) is 17.3 Å². The van der Waals surface area contributed by atoms with E-state index in [1.807, 2.05) is 0 Å². The number of hydrogen-bond donors (Lipinski definition) is 0. The number of thioether (sulfide) groups is 1. The largest absolute Gasteiger partial charge is 0.417 e. The molecule has 14 heteroatoms. The molecule has 0 atom stereocenters. The molecule has 0 amide bonds. The molecule has 4 nitrogen and oxygen atoms in total. The molecule has 3 rings (SSSR count). The third-order valence-electron chi connectivity index (χ3n) is 3.94. The van der Waals surface area contributed by atoms with E-state index in [9.17, 15) is 39.5 Å². The van der Waals surface area contributed by atoms with Crippen LogP contribution in [0.25, 0.3) is 22.7 Å². The van der Waals surface area contributed by atoms with Gasteiger partial charge in [-0.05, 0) is 17.9 Å². The molecular weight excluding hydrogens is 463 g/mol. The molecule has 3 aromatic rings. The van der Waals surface area contributed by atoms with Gasteiger partial charge in [-0.3, -0.25) is 9.55 Å². The molecule has 0 aliphatic rings. The fraction of sp³-hybridized carbons (Fsp3) is 0.353. The van der Waals surface area contributed by atoms with Crippen molar-refractivity contribution in [1.82, 2.24) is 19.5 Å². The normalized spacial score (nSPS) is 13.2. The van der Waals surface area contributed by atoms with Gasteiger partial charge in [-0.15, -0.1) is 11.8 Å². The van der Waals surface area contributed by atoms with Gasteiger partial charge in [0.1, 0.15) is 17.8 Å². The summed E-state index contributed by atoms with van der Waals surface area (Å²) in [6.45, 7) is -0.0688. The highest BCUT2D eigenvalue weighted by Crippen LogP contribution is 2.38. The number of halogens is 9. The minimum Gasteiger partial charge on any atom is -0.298 e. The Hall–Kier alpha value is -2.51. The molecule has 31 heavy (non-hydrogen) atoms. The number of nitrogens with zero attached hydrogens (tertiary/aromatic N) is 4. The van der Waals surface area contributed by atoms with Gasteiger partial charge in [0.25, 0.3) is 0 Å². The second-order valence-electron chi connectivity index (χ2n) is 6.20. The maximum atomic E-state index is 13.1. The zero-order chi connectivity index (χ0) is 23.2. The molecule has 0 aliphatic heterocycles. The highest BCUT2D eigenvalue weighted by Gasteiger charge is 2.36. The third kappa shape index (κ3) is 5.05. The van der Waals surface area contributed by atoms with Gasteiger partial charge < -0.3 is 0 Å². The molecule has 0 N–H and O–H groups in total. The monoisotopic (exact) mass is 474 g/mol. The van der Waals surface area contributed by atoms with E-state index in [-0.39, 0.29) is 16.3 Å². The van der Waals surface area contributed by atoms with Crippen LogP contribution in [-0.4, -0.2) is 31.4 Å². The van der Waals surface area contributed by atoms with Gasteiger partial charge in [-0.1, -0.05) is 6.92 Å². The number of fused-ring (bicyclic) bond motifs is 1. The van der Waals surface area contributed by atoms with Crippen molar-refractivity contribution in [3.8, 4) is 11.5 Å². The van der Waals surface area contributed by atoms with E-state index < -0.39 is 53.2 Å². The minimum atomic E-state index is -4.81. The van der Waals surface area contributed by atoms with Crippen LogP contribution in [0.2, 0.25) is 0 Å². The van der Waals surface area contributed by atoms with Crippen molar-refractivity contribution < 1.29 is 39.5 Å². The van der Waals surface area contributed by atoms with Crippen molar-refractivity contribution in [2.75, 3.05) is 5.75 Å². The summed E-state index contributed by atoms with van der Waals surface area (Å²) < 4.78 is 118. The van der Waals surface area contributed by atoms with Crippen molar-refractivity contribution >= 4 is 22.9 Å². The Morgan fingerprint density at radius 2 is 1.45 bits per heavy atom. The Morgan fingerprint density at radius 1 is 0.871 bits per heavy atom. The van der Waals surface area contributed by atoms with Crippen molar-refractivity contribution in [3.05, 3.63) is 35.7 Å².